The van der Waals surface area contributed by atoms with Gasteiger partial charge in [0, 0.05) is 18.7 Å². The molecule has 0 amide bonds. The molecule has 1 saturated heterocycles. The summed E-state index contributed by atoms with van der Waals surface area (Å²) in [5.74, 6) is 0.607. The average molecular weight is 336 g/mol. The van der Waals surface area contributed by atoms with E-state index in [1.807, 2.05) is 0 Å². The second kappa shape index (κ2) is 8.08. The average Bonchev–Trinajstić information content (AvgIpc) is 2.65. The largest absolute Gasteiger partial charge is 0.493 e. The molecule has 1 fully saturated rings. The molecule has 8 heteroatoms. The number of carbonyl (C=O) groups excluding carboxylic acids is 1. The van der Waals surface area contributed by atoms with E-state index in [-0.39, 0.29) is 6.61 Å². The smallest absolute Gasteiger partial charge is 0.193 e. The van der Waals surface area contributed by atoms with E-state index < -0.39 is 11.8 Å². The van der Waals surface area contributed by atoms with E-state index in [0.717, 1.165) is 0 Å². The maximum Gasteiger partial charge on any atom is 0.193 e. The van der Waals surface area contributed by atoms with Gasteiger partial charge in [-0.3, -0.25) is 9.69 Å². The van der Waals surface area contributed by atoms with Crippen molar-refractivity contribution in [1.29, 1.82) is 5.26 Å². The Morgan fingerprint density at radius 1 is 1.46 bits per heavy atom. The van der Waals surface area contributed by atoms with Gasteiger partial charge in [-0.25, -0.2) is 0 Å². The summed E-state index contributed by atoms with van der Waals surface area (Å²) in [5.41, 5.74) is -1.47. The van der Waals surface area contributed by atoms with Crippen LogP contribution in [0.4, 0.5) is 0 Å². The molecule has 0 radical (unpaired) electrons. The number of nitriles is 1. The van der Waals surface area contributed by atoms with Crippen LogP contribution in [0.1, 0.15) is 10.4 Å². The van der Waals surface area contributed by atoms with E-state index >= 15 is 0 Å². The van der Waals surface area contributed by atoms with E-state index in [4.69, 9.17) is 19.5 Å². The van der Waals surface area contributed by atoms with E-state index in [1.165, 1.54) is 19.2 Å². The van der Waals surface area contributed by atoms with Crippen LogP contribution in [-0.2, 0) is 4.74 Å². The van der Waals surface area contributed by atoms with Gasteiger partial charge < -0.3 is 24.4 Å². The van der Waals surface area contributed by atoms with Crippen LogP contribution in [0.25, 0.3) is 0 Å². The lowest BCUT2D eigenvalue weighted by Crippen LogP contribution is -2.62. The standard InChI is InChI=1S/C16H20N2O6/c1-22-14-8-12(10-19)2-3-13(14)24-11-16(21,15(20)9-17)18-4-6-23-7-5-18/h2-3,8,10,15,20-21H,4-7,11H2,1H3. The second-order valence-corrected chi connectivity index (χ2v) is 5.33. The lowest BCUT2D eigenvalue weighted by atomic mass is 10.1. The molecular weight excluding hydrogens is 316 g/mol. The van der Waals surface area contributed by atoms with Gasteiger partial charge in [0.1, 0.15) is 12.9 Å². The second-order valence-electron chi connectivity index (χ2n) is 5.33. The first-order valence-electron chi connectivity index (χ1n) is 7.44. The molecule has 1 aliphatic rings. The van der Waals surface area contributed by atoms with Gasteiger partial charge in [0.2, 0.25) is 0 Å². The highest BCUT2D eigenvalue weighted by molar-refractivity contribution is 5.76. The molecule has 2 rings (SSSR count). The lowest BCUT2D eigenvalue weighted by Gasteiger charge is -2.41. The van der Waals surface area contributed by atoms with Crippen molar-refractivity contribution >= 4 is 6.29 Å². The van der Waals surface area contributed by atoms with Crippen LogP contribution in [0.5, 0.6) is 11.5 Å². The molecule has 24 heavy (non-hydrogen) atoms. The van der Waals surface area contributed by atoms with Gasteiger partial charge in [-0.05, 0) is 18.2 Å². The molecule has 2 atom stereocenters. The quantitative estimate of drug-likeness (QED) is 0.520. The number of carbonyl (C=O) groups is 1. The Bertz CT molecular complexity index is 611. The maximum atomic E-state index is 10.8. The number of hydrogen-bond acceptors (Lipinski definition) is 8. The molecule has 1 aromatic carbocycles. The molecule has 8 nitrogen and oxygen atoms in total. The van der Waals surface area contributed by atoms with E-state index in [1.54, 1.807) is 17.0 Å². The van der Waals surface area contributed by atoms with Crippen LogP contribution in [0.2, 0.25) is 0 Å². The number of nitrogens with zero attached hydrogens (tertiary/aromatic N) is 2. The van der Waals surface area contributed by atoms with Crippen LogP contribution in [0, 0.1) is 11.3 Å². The molecule has 1 aromatic rings. The number of aliphatic hydroxyl groups is 2. The van der Waals surface area contributed by atoms with Gasteiger partial charge in [0.05, 0.1) is 26.4 Å². The third-order valence-electron chi connectivity index (χ3n) is 3.88. The minimum atomic E-state index is -1.88. The number of morpholine rings is 1. The summed E-state index contributed by atoms with van der Waals surface area (Å²) in [6, 6.07) is 6.22. The molecule has 1 heterocycles. The number of rotatable bonds is 7. The zero-order chi connectivity index (χ0) is 17.6. The van der Waals surface area contributed by atoms with Crippen LogP contribution < -0.4 is 9.47 Å². The molecule has 0 spiro atoms. The fourth-order valence-electron chi connectivity index (χ4n) is 2.46. The molecule has 1 aliphatic heterocycles. The zero-order valence-electron chi connectivity index (χ0n) is 13.3. The summed E-state index contributed by atoms with van der Waals surface area (Å²) in [4.78, 5) is 12.4. The van der Waals surface area contributed by atoms with Gasteiger partial charge in [-0.1, -0.05) is 0 Å². The number of aliphatic hydroxyl groups excluding tert-OH is 1. The summed E-state index contributed by atoms with van der Waals surface area (Å²) in [7, 11) is 1.43. The predicted octanol–water partition coefficient (Wildman–Crippen LogP) is -0.208. The third-order valence-corrected chi connectivity index (χ3v) is 3.88. The SMILES string of the molecule is COc1cc(C=O)ccc1OCC(O)(C(O)C#N)N1CCOCC1. The Morgan fingerprint density at radius 3 is 2.75 bits per heavy atom. The highest BCUT2D eigenvalue weighted by atomic mass is 16.5. The minimum Gasteiger partial charge on any atom is -0.493 e. The fourth-order valence-corrected chi connectivity index (χ4v) is 2.46. The number of aldehydes is 1. The molecular formula is C16H20N2O6. The van der Waals surface area contributed by atoms with Gasteiger partial charge in [0.25, 0.3) is 0 Å². The zero-order valence-corrected chi connectivity index (χ0v) is 13.3. The Hall–Kier alpha value is -2.18. The van der Waals surface area contributed by atoms with E-state index in [9.17, 15) is 15.0 Å². The van der Waals surface area contributed by atoms with Crippen molar-refractivity contribution in [1.82, 2.24) is 4.90 Å². The lowest BCUT2D eigenvalue weighted by molar-refractivity contribution is -0.198. The van der Waals surface area contributed by atoms with Crippen molar-refractivity contribution in [2.45, 2.75) is 11.8 Å². The number of ether oxygens (including phenoxy) is 3. The van der Waals surface area contributed by atoms with Crippen LogP contribution in [0.15, 0.2) is 18.2 Å². The first-order valence-corrected chi connectivity index (χ1v) is 7.44. The van der Waals surface area contributed by atoms with Crippen molar-refractivity contribution in [3.05, 3.63) is 23.8 Å². The predicted molar refractivity (Wildman–Crippen MR) is 82.8 cm³/mol. The van der Waals surface area contributed by atoms with Crippen LogP contribution in [-0.4, -0.2) is 73.2 Å². The molecule has 130 valence electrons. The van der Waals surface area contributed by atoms with Gasteiger partial charge in [-0.15, -0.1) is 0 Å². The first kappa shape index (κ1) is 18.2. The highest BCUT2D eigenvalue weighted by Crippen LogP contribution is 2.29. The van der Waals surface area contributed by atoms with Gasteiger partial charge in [-0.2, -0.15) is 5.26 Å². The summed E-state index contributed by atoms with van der Waals surface area (Å²) < 4.78 is 16.0. The topological polar surface area (TPSA) is 112 Å². The minimum absolute atomic E-state index is 0.292. The maximum absolute atomic E-state index is 10.8. The van der Waals surface area contributed by atoms with Crippen molar-refractivity contribution in [2.24, 2.45) is 0 Å². The summed E-state index contributed by atoms with van der Waals surface area (Å²) in [5, 5.41) is 29.8. The monoisotopic (exact) mass is 336 g/mol. The Kier molecular flexibility index (Phi) is 6.11. The summed E-state index contributed by atoms with van der Waals surface area (Å²) in [6.45, 7) is 1.15. The van der Waals surface area contributed by atoms with Crippen LogP contribution in [0.3, 0.4) is 0 Å². The Labute approximate surface area is 139 Å². The molecule has 0 aromatic heterocycles. The summed E-state index contributed by atoms with van der Waals surface area (Å²) in [6.07, 6.45) is -0.980. The fraction of sp³-hybridized carbons (Fsp3) is 0.500. The molecule has 0 aliphatic carbocycles. The highest BCUT2D eigenvalue weighted by Gasteiger charge is 2.43. The molecule has 0 saturated carbocycles. The normalized spacial score (nSPS) is 18.9. The molecule has 2 unspecified atom stereocenters. The van der Waals surface area contributed by atoms with Gasteiger partial charge >= 0.3 is 0 Å². The summed E-state index contributed by atoms with van der Waals surface area (Å²) >= 11 is 0. The van der Waals surface area contributed by atoms with Gasteiger partial charge in [0.15, 0.2) is 23.3 Å². The number of methoxy groups -OCH3 is 1. The van der Waals surface area contributed by atoms with E-state index in [0.29, 0.717) is 49.7 Å². The van der Waals surface area contributed by atoms with Crippen molar-refractivity contribution in [2.75, 3.05) is 40.0 Å². The molecule has 0 bridgehead atoms. The van der Waals surface area contributed by atoms with E-state index in [2.05, 4.69) is 0 Å². The van der Waals surface area contributed by atoms with Crippen molar-refractivity contribution in [3.8, 4) is 17.6 Å². The number of hydrogen-bond donors (Lipinski definition) is 2. The van der Waals surface area contributed by atoms with Crippen molar-refractivity contribution in [3.63, 3.8) is 0 Å². The Morgan fingerprint density at radius 2 is 2.17 bits per heavy atom. The first-order chi connectivity index (χ1) is 11.5. The Balaban J connectivity index is 2.18. The number of benzene rings is 1. The third kappa shape index (κ3) is 3.83. The molecule has 2 N–H and O–H groups in total. The van der Waals surface area contributed by atoms with Crippen LogP contribution >= 0.6 is 0 Å². The van der Waals surface area contributed by atoms with Crippen molar-refractivity contribution < 1.29 is 29.2 Å².